The summed E-state index contributed by atoms with van der Waals surface area (Å²) in [5.74, 6) is -0.282. The van der Waals surface area contributed by atoms with Gasteiger partial charge in [0.2, 0.25) is 0 Å². The van der Waals surface area contributed by atoms with Gasteiger partial charge in [0.15, 0.2) is 0 Å². The number of rotatable bonds is 4. The number of aliphatic hydroxyl groups is 1. The fourth-order valence-corrected chi connectivity index (χ4v) is 3.26. The zero-order valence-corrected chi connectivity index (χ0v) is 11.8. The Balaban J connectivity index is 2.51. The fourth-order valence-electron chi connectivity index (χ4n) is 1.88. The fraction of sp³-hybridized carbons (Fsp3) is 0.133. The molecule has 0 spiro atoms. The zero-order chi connectivity index (χ0) is 14.5. The molecule has 0 unspecified atom stereocenters. The summed E-state index contributed by atoms with van der Waals surface area (Å²) in [5, 5.41) is 11.9. The summed E-state index contributed by atoms with van der Waals surface area (Å²) in [6.07, 6.45) is 0. The molecule has 0 aliphatic heterocycles. The van der Waals surface area contributed by atoms with Crippen molar-refractivity contribution < 1.29 is 14.1 Å². The molecule has 0 heterocycles. The summed E-state index contributed by atoms with van der Waals surface area (Å²) in [4.78, 5) is 12.8. The van der Waals surface area contributed by atoms with Gasteiger partial charge in [-0.15, -0.1) is 0 Å². The van der Waals surface area contributed by atoms with E-state index in [9.17, 15) is 14.1 Å². The molecule has 0 bridgehead atoms. The second-order valence-corrected chi connectivity index (χ2v) is 5.53. The number of benzene rings is 2. The van der Waals surface area contributed by atoms with Crippen LogP contribution in [0.25, 0.3) is 0 Å². The molecule has 0 saturated carbocycles. The first-order valence-corrected chi connectivity index (χ1v) is 7.25. The maximum atomic E-state index is 12.7. The van der Waals surface area contributed by atoms with Gasteiger partial charge in [-0.3, -0.25) is 4.79 Å². The number of nitrogens with one attached hydrogen (secondary N) is 1. The maximum absolute atomic E-state index is 12.7. The number of hydrogen-bond donors (Lipinski definition) is 2. The first-order chi connectivity index (χ1) is 9.69. The van der Waals surface area contributed by atoms with E-state index in [4.69, 9.17) is 0 Å². The number of carbonyl (C=O) groups is 1. The maximum Gasteiger partial charge on any atom is 0.252 e. The van der Waals surface area contributed by atoms with E-state index in [-0.39, 0.29) is 12.5 Å². The zero-order valence-electron chi connectivity index (χ0n) is 11.0. The lowest BCUT2D eigenvalue weighted by molar-refractivity contribution is 0.0960. The van der Waals surface area contributed by atoms with Gasteiger partial charge < -0.3 is 10.4 Å². The van der Waals surface area contributed by atoms with Gasteiger partial charge in [0.1, 0.15) is 0 Å². The molecule has 5 heteroatoms. The summed E-state index contributed by atoms with van der Waals surface area (Å²) in [6.45, 7) is -0.190. The van der Waals surface area contributed by atoms with Crippen LogP contribution in [0.1, 0.15) is 15.9 Å². The minimum atomic E-state index is -1.51. The number of aliphatic hydroxyl groups excluding tert-OH is 1. The van der Waals surface area contributed by atoms with Gasteiger partial charge in [-0.05, 0) is 23.8 Å². The first kappa shape index (κ1) is 14.4. The van der Waals surface area contributed by atoms with E-state index in [1.165, 1.54) is 7.05 Å². The third-order valence-electron chi connectivity index (χ3n) is 2.90. The molecule has 2 aromatic carbocycles. The monoisotopic (exact) mass is 289 g/mol. The minimum Gasteiger partial charge on any atom is -0.392 e. The predicted molar refractivity (Wildman–Crippen MR) is 76.9 cm³/mol. The molecule has 0 aliphatic rings. The Labute approximate surface area is 119 Å². The second-order valence-electron chi connectivity index (χ2n) is 4.11. The van der Waals surface area contributed by atoms with Crippen LogP contribution in [-0.4, -0.2) is 22.3 Å². The van der Waals surface area contributed by atoms with E-state index in [0.29, 0.717) is 20.9 Å². The number of amides is 1. The van der Waals surface area contributed by atoms with Gasteiger partial charge in [-0.25, -0.2) is 4.21 Å². The summed E-state index contributed by atoms with van der Waals surface area (Å²) in [5.41, 5.74) is 0.971. The standard InChI is InChI=1S/C15H15NO3S/c1-16-15(18)12-7-3-5-9-14(12)20(19)13-8-4-2-6-11(13)10-17/h2-9,17H,10H2,1H3,(H,16,18)/t20-/m0/s1. The third kappa shape index (κ3) is 2.79. The van der Waals surface area contributed by atoms with Gasteiger partial charge in [-0.2, -0.15) is 0 Å². The van der Waals surface area contributed by atoms with E-state index < -0.39 is 10.8 Å². The smallest absolute Gasteiger partial charge is 0.252 e. The molecule has 0 saturated heterocycles. The quantitative estimate of drug-likeness (QED) is 0.900. The Bertz CT molecular complexity index is 655. The average Bonchev–Trinajstić information content (AvgIpc) is 2.53. The SMILES string of the molecule is CNC(=O)c1ccccc1[S@@](=O)c1ccccc1CO. The van der Waals surface area contributed by atoms with Gasteiger partial charge in [0.05, 0.1) is 27.9 Å². The molecule has 0 fully saturated rings. The van der Waals surface area contributed by atoms with Gasteiger partial charge in [-0.1, -0.05) is 30.3 Å². The van der Waals surface area contributed by atoms with Crippen molar-refractivity contribution in [3.63, 3.8) is 0 Å². The van der Waals surface area contributed by atoms with Crippen LogP contribution in [0, 0.1) is 0 Å². The lowest BCUT2D eigenvalue weighted by Gasteiger charge is -2.10. The van der Waals surface area contributed by atoms with Crippen LogP contribution < -0.4 is 5.32 Å². The molecule has 1 atom stereocenters. The first-order valence-electron chi connectivity index (χ1n) is 6.10. The summed E-state index contributed by atoms with van der Waals surface area (Å²) in [7, 11) is 0.0187. The van der Waals surface area contributed by atoms with Crippen LogP contribution in [0.3, 0.4) is 0 Å². The van der Waals surface area contributed by atoms with Crippen LogP contribution in [-0.2, 0) is 17.4 Å². The molecule has 0 aromatic heterocycles. The van der Waals surface area contributed by atoms with Gasteiger partial charge >= 0.3 is 0 Å². The molecule has 1 amide bonds. The highest BCUT2D eigenvalue weighted by Crippen LogP contribution is 2.23. The van der Waals surface area contributed by atoms with Crippen molar-refractivity contribution in [1.29, 1.82) is 0 Å². The van der Waals surface area contributed by atoms with Crippen molar-refractivity contribution in [2.45, 2.75) is 16.4 Å². The lowest BCUT2D eigenvalue weighted by Crippen LogP contribution is -2.20. The molecule has 2 aromatic rings. The van der Waals surface area contributed by atoms with E-state index in [1.54, 1.807) is 48.5 Å². The predicted octanol–water partition coefficient (Wildman–Crippen LogP) is 1.71. The molecule has 20 heavy (non-hydrogen) atoms. The van der Waals surface area contributed by atoms with E-state index in [0.717, 1.165) is 0 Å². The van der Waals surface area contributed by atoms with Crippen LogP contribution in [0.5, 0.6) is 0 Å². The third-order valence-corrected chi connectivity index (χ3v) is 4.45. The Morgan fingerprint density at radius 3 is 2.35 bits per heavy atom. The van der Waals surface area contributed by atoms with Crippen molar-refractivity contribution in [3.8, 4) is 0 Å². The highest BCUT2D eigenvalue weighted by Gasteiger charge is 2.17. The van der Waals surface area contributed by atoms with Crippen LogP contribution in [0.4, 0.5) is 0 Å². The average molecular weight is 289 g/mol. The normalized spacial score (nSPS) is 11.9. The molecule has 104 valence electrons. The Morgan fingerprint density at radius 1 is 1.10 bits per heavy atom. The van der Waals surface area contributed by atoms with Crippen molar-refractivity contribution in [2.75, 3.05) is 7.05 Å². The molecule has 0 radical (unpaired) electrons. The van der Waals surface area contributed by atoms with Crippen LogP contribution in [0.2, 0.25) is 0 Å². The molecule has 2 N–H and O–H groups in total. The molecule has 0 aliphatic carbocycles. The summed E-state index contributed by atoms with van der Waals surface area (Å²) in [6, 6.07) is 13.7. The number of carbonyl (C=O) groups excluding carboxylic acids is 1. The van der Waals surface area contributed by atoms with Crippen LogP contribution in [0.15, 0.2) is 58.3 Å². The second kappa shape index (κ2) is 6.45. The topological polar surface area (TPSA) is 66.4 Å². The minimum absolute atomic E-state index is 0.190. The Hall–Kier alpha value is -1.98. The highest BCUT2D eigenvalue weighted by atomic mass is 32.2. The van der Waals surface area contributed by atoms with E-state index in [1.807, 2.05) is 0 Å². The summed E-state index contributed by atoms with van der Waals surface area (Å²) < 4.78 is 12.7. The molecular formula is C15H15NO3S. The van der Waals surface area contributed by atoms with Crippen molar-refractivity contribution in [2.24, 2.45) is 0 Å². The van der Waals surface area contributed by atoms with Gasteiger partial charge in [0.25, 0.3) is 5.91 Å². The largest absolute Gasteiger partial charge is 0.392 e. The Kier molecular flexibility index (Phi) is 4.65. The summed E-state index contributed by atoms with van der Waals surface area (Å²) >= 11 is 0. The van der Waals surface area contributed by atoms with Gasteiger partial charge in [0, 0.05) is 11.9 Å². The Morgan fingerprint density at radius 2 is 1.70 bits per heavy atom. The molecule has 4 nitrogen and oxygen atoms in total. The van der Waals surface area contributed by atoms with E-state index >= 15 is 0 Å². The number of hydrogen-bond acceptors (Lipinski definition) is 3. The van der Waals surface area contributed by atoms with Crippen LogP contribution >= 0.6 is 0 Å². The molecule has 2 rings (SSSR count). The van der Waals surface area contributed by atoms with Crippen molar-refractivity contribution in [1.82, 2.24) is 5.32 Å². The molecular weight excluding hydrogens is 274 g/mol. The highest BCUT2D eigenvalue weighted by molar-refractivity contribution is 7.85. The van der Waals surface area contributed by atoms with Crippen molar-refractivity contribution >= 4 is 16.7 Å². The van der Waals surface area contributed by atoms with Crippen molar-refractivity contribution in [3.05, 3.63) is 59.7 Å². The lowest BCUT2D eigenvalue weighted by atomic mass is 10.2. The van der Waals surface area contributed by atoms with E-state index in [2.05, 4.69) is 5.32 Å².